The van der Waals surface area contributed by atoms with Crippen molar-refractivity contribution in [2.45, 2.75) is 32.6 Å². The lowest BCUT2D eigenvalue weighted by Crippen LogP contribution is -2.39. The van der Waals surface area contributed by atoms with Gasteiger partial charge in [-0.15, -0.1) is 0 Å². The van der Waals surface area contributed by atoms with Gasteiger partial charge in [0.2, 0.25) is 17.7 Å². The SMILES string of the molecule is Cc1ccc(C(=Cc2ccc3cc(C4CCC(=O)NC4=O)c(C)nc3c2)C(N)=O)cc1Cl. The Kier molecular flexibility index (Phi) is 5.80. The summed E-state index contributed by atoms with van der Waals surface area (Å²) in [6.07, 6.45) is 2.50. The lowest BCUT2D eigenvalue weighted by molar-refractivity contribution is -0.134. The first kappa shape index (κ1) is 21.7. The third kappa shape index (κ3) is 4.27. The summed E-state index contributed by atoms with van der Waals surface area (Å²) in [4.78, 5) is 40.6. The average Bonchev–Trinajstić information content (AvgIpc) is 2.74. The summed E-state index contributed by atoms with van der Waals surface area (Å²) in [7, 11) is 0. The van der Waals surface area contributed by atoms with Crippen LogP contribution in [-0.2, 0) is 14.4 Å². The molecule has 162 valence electrons. The molecule has 0 radical (unpaired) electrons. The maximum Gasteiger partial charge on any atom is 0.249 e. The number of piperidine rings is 1. The van der Waals surface area contributed by atoms with E-state index in [0.29, 0.717) is 29.0 Å². The Morgan fingerprint density at radius 2 is 1.94 bits per heavy atom. The van der Waals surface area contributed by atoms with E-state index in [9.17, 15) is 14.4 Å². The fraction of sp³-hybridized carbons (Fsp3) is 0.200. The third-order valence-electron chi connectivity index (χ3n) is 5.75. The largest absolute Gasteiger partial charge is 0.366 e. The van der Waals surface area contributed by atoms with E-state index < -0.39 is 11.8 Å². The zero-order chi connectivity index (χ0) is 23.0. The molecule has 1 fully saturated rings. The predicted molar refractivity (Wildman–Crippen MR) is 125 cm³/mol. The number of imide groups is 1. The van der Waals surface area contributed by atoms with Crippen LogP contribution in [0.2, 0.25) is 5.02 Å². The Balaban J connectivity index is 1.73. The van der Waals surface area contributed by atoms with Crippen LogP contribution in [0, 0.1) is 13.8 Å². The second kappa shape index (κ2) is 8.55. The minimum absolute atomic E-state index is 0.241. The highest BCUT2D eigenvalue weighted by Gasteiger charge is 2.29. The number of halogens is 1. The van der Waals surface area contributed by atoms with Crippen molar-refractivity contribution >= 4 is 51.9 Å². The van der Waals surface area contributed by atoms with Gasteiger partial charge in [0.15, 0.2) is 0 Å². The summed E-state index contributed by atoms with van der Waals surface area (Å²) in [5, 5.41) is 3.83. The minimum atomic E-state index is -0.553. The number of carbonyl (C=O) groups is 3. The van der Waals surface area contributed by atoms with Gasteiger partial charge < -0.3 is 5.73 Å². The van der Waals surface area contributed by atoms with E-state index in [1.807, 2.05) is 50.2 Å². The lowest BCUT2D eigenvalue weighted by atomic mass is 9.88. The fourth-order valence-electron chi connectivity index (χ4n) is 3.95. The van der Waals surface area contributed by atoms with E-state index in [1.54, 1.807) is 12.1 Å². The number of amides is 3. The van der Waals surface area contributed by atoms with Crippen molar-refractivity contribution < 1.29 is 14.4 Å². The van der Waals surface area contributed by atoms with Crippen molar-refractivity contribution in [3.63, 3.8) is 0 Å². The van der Waals surface area contributed by atoms with Gasteiger partial charge in [-0.25, -0.2) is 0 Å². The molecule has 3 amide bonds. The molecular formula is C25H22ClN3O3. The summed E-state index contributed by atoms with van der Waals surface area (Å²) < 4.78 is 0. The molecule has 3 aromatic rings. The van der Waals surface area contributed by atoms with Crippen LogP contribution in [0.15, 0.2) is 42.5 Å². The first-order valence-electron chi connectivity index (χ1n) is 10.3. The van der Waals surface area contributed by atoms with Crippen molar-refractivity contribution in [3.8, 4) is 0 Å². The van der Waals surface area contributed by atoms with Gasteiger partial charge in [0.05, 0.1) is 11.4 Å². The van der Waals surface area contributed by atoms with Crippen molar-refractivity contribution in [2.24, 2.45) is 5.73 Å². The molecule has 1 saturated heterocycles. The molecule has 0 spiro atoms. The predicted octanol–water partition coefficient (Wildman–Crippen LogP) is 4.05. The molecule has 0 bridgehead atoms. The number of primary amides is 1. The van der Waals surface area contributed by atoms with E-state index in [0.717, 1.165) is 33.3 Å². The number of rotatable bonds is 4. The number of nitrogens with zero attached hydrogens (tertiary/aromatic N) is 1. The summed E-state index contributed by atoms with van der Waals surface area (Å²) in [5.41, 5.74) is 10.6. The Bertz CT molecular complexity index is 1310. The van der Waals surface area contributed by atoms with E-state index in [4.69, 9.17) is 17.3 Å². The van der Waals surface area contributed by atoms with Gasteiger partial charge in [0, 0.05) is 28.1 Å². The zero-order valence-electron chi connectivity index (χ0n) is 17.7. The number of pyridine rings is 1. The van der Waals surface area contributed by atoms with Gasteiger partial charge in [-0.1, -0.05) is 35.9 Å². The van der Waals surface area contributed by atoms with Gasteiger partial charge in [-0.05, 0) is 66.8 Å². The van der Waals surface area contributed by atoms with Crippen LogP contribution in [0.3, 0.4) is 0 Å². The summed E-state index contributed by atoms with van der Waals surface area (Å²) in [6, 6.07) is 13.0. The Hall–Kier alpha value is -3.51. The molecule has 1 aliphatic heterocycles. The second-order valence-electron chi connectivity index (χ2n) is 8.01. The topological polar surface area (TPSA) is 102 Å². The number of hydrogen-bond donors (Lipinski definition) is 2. The summed E-state index contributed by atoms with van der Waals surface area (Å²) in [6.45, 7) is 3.74. The maximum absolute atomic E-state index is 12.3. The number of nitrogens with two attached hydrogens (primary N) is 1. The van der Waals surface area contributed by atoms with Gasteiger partial charge >= 0.3 is 0 Å². The molecule has 3 N–H and O–H groups in total. The number of benzene rings is 2. The van der Waals surface area contributed by atoms with Crippen LogP contribution in [0.1, 0.15) is 46.7 Å². The van der Waals surface area contributed by atoms with E-state index in [2.05, 4.69) is 10.3 Å². The highest BCUT2D eigenvalue weighted by atomic mass is 35.5. The summed E-state index contributed by atoms with van der Waals surface area (Å²) in [5.74, 6) is -1.47. The van der Waals surface area contributed by atoms with Gasteiger partial charge in [-0.3, -0.25) is 24.7 Å². The van der Waals surface area contributed by atoms with Crippen molar-refractivity contribution in [2.75, 3.05) is 0 Å². The van der Waals surface area contributed by atoms with Crippen LogP contribution >= 0.6 is 11.6 Å². The van der Waals surface area contributed by atoms with E-state index in [-0.39, 0.29) is 11.8 Å². The maximum atomic E-state index is 12.3. The van der Waals surface area contributed by atoms with Gasteiger partial charge in [0.1, 0.15) is 0 Å². The molecule has 0 saturated carbocycles. The quantitative estimate of drug-likeness (QED) is 0.357. The number of fused-ring (bicyclic) bond motifs is 1. The van der Waals surface area contributed by atoms with Crippen LogP contribution in [-0.4, -0.2) is 22.7 Å². The molecule has 1 unspecified atom stereocenters. The first-order valence-corrected chi connectivity index (χ1v) is 10.6. The molecule has 32 heavy (non-hydrogen) atoms. The Labute approximate surface area is 190 Å². The van der Waals surface area contributed by atoms with E-state index >= 15 is 0 Å². The number of carbonyl (C=O) groups excluding carboxylic acids is 3. The number of hydrogen-bond acceptors (Lipinski definition) is 4. The second-order valence-corrected chi connectivity index (χ2v) is 8.41. The molecule has 0 aliphatic carbocycles. The normalized spacial score (nSPS) is 16.8. The fourth-order valence-corrected chi connectivity index (χ4v) is 4.13. The zero-order valence-corrected chi connectivity index (χ0v) is 18.5. The molecule has 4 rings (SSSR count). The Morgan fingerprint density at radius 1 is 1.16 bits per heavy atom. The molecule has 2 heterocycles. The highest BCUT2D eigenvalue weighted by molar-refractivity contribution is 6.32. The molecular weight excluding hydrogens is 426 g/mol. The van der Waals surface area contributed by atoms with Crippen molar-refractivity contribution in [3.05, 3.63) is 75.4 Å². The smallest absolute Gasteiger partial charge is 0.249 e. The molecule has 6 nitrogen and oxygen atoms in total. The molecule has 1 aliphatic rings. The monoisotopic (exact) mass is 447 g/mol. The van der Waals surface area contributed by atoms with Crippen LogP contribution in [0.25, 0.3) is 22.6 Å². The summed E-state index contributed by atoms with van der Waals surface area (Å²) >= 11 is 6.22. The van der Waals surface area contributed by atoms with E-state index in [1.165, 1.54) is 0 Å². The van der Waals surface area contributed by atoms with Crippen molar-refractivity contribution in [1.82, 2.24) is 10.3 Å². The standard InChI is InChI=1S/C25H22ClN3O3/c1-13-3-5-16(12-21(13)26)20(24(27)31)9-15-4-6-17-11-19(14(2)28-22(17)10-15)18-7-8-23(30)29-25(18)32/h3-6,9-12,18H,7-8H2,1-2H3,(H2,27,31)(H,29,30,32). The third-order valence-corrected chi connectivity index (χ3v) is 6.15. The van der Waals surface area contributed by atoms with Crippen molar-refractivity contribution in [1.29, 1.82) is 0 Å². The minimum Gasteiger partial charge on any atom is -0.366 e. The molecule has 2 aromatic carbocycles. The number of nitrogens with one attached hydrogen (secondary N) is 1. The average molecular weight is 448 g/mol. The molecule has 1 atom stereocenters. The van der Waals surface area contributed by atoms with Crippen LogP contribution in [0.5, 0.6) is 0 Å². The molecule has 7 heteroatoms. The lowest BCUT2D eigenvalue weighted by Gasteiger charge is -2.22. The Morgan fingerprint density at radius 3 is 2.62 bits per heavy atom. The highest BCUT2D eigenvalue weighted by Crippen LogP contribution is 2.30. The first-order chi connectivity index (χ1) is 15.2. The number of aryl methyl sites for hydroxylation is 2. The van der Waals surface area contributed by atoms with Gasteiger partial charge in [0.25, 0.3) is 0 Å². The molecule has 1 aromatic heterocycles. The number of aromatic nitrogens is 1. The van der Waals surface area contributed by atoms with Crippen LogP contribution < -0.4 is 11.1 Å². The van der Waals surface area contributed by atoms with Crippen LogP contribution in [0.4, 0.5) is 0 Å². The van der Waals surface area contributed by atoms with Gasteiger partial charge in [-0.2, -0.15) is 0 Å².